The fourth-order valence-electron chi connectivity index (χ4n) is 0.617. The summed E-state index contributed by atoms with van der Waals surface area (Å²) >= 11 is 4.22. The van der Waals surface area contributed by atoms with Crippen molar-refractivity contribution in [3.05, 3.63) is 0 Å². The van der Waals surface area contributed by atoms with Crippen LogP contribution in [0.5, 0.6) is 0 Å². The van der Waals surface area contributed by atoms with Crippen LogP contribution in [0.2, 0.25) is 0 Å². The second-order valence-electron chi connectivity index (χ2n) is 1.94. The molecule has 1 radical (unpaired) electrons. The molecule has 0 aliphatic rings. The van der Waals surface area contributed by atoms with Crippen LogP contribution in [0.3, 0.4) is 0 Å². The van der Waals surface area contributed by atoms with Gasteiger partial charge in [-0.05, 0) is 26.5 Å². The van der Waals surface area contributed by atoms with Gasteiger partial charge in [0.25, 0.3) is 0 Å². The van der Waals surface area contributed by atoms with Gasteiger partial charge in [0.05, 0.1) is 0 Å². The van der Waals surface area contributed by atoms with Crippen molar-refractivity contribution in [1.82, 2.24) is 4.90 Å². The van der Waals surface area contributed by atoms with E-state index in [9.17, 15) is 4.79 Å². The first-order valence-electron chi connectivity index (χ1n) is 2.82. The Kier molecular flexibility index (Phi) is 3.55. The van der Waals surface area contributed by atoms with Crippen LogP contribution in [0.15, 0.2) is 0 Å². The number of hydrogen-bond donors (Lipinski definition) is 2. The van der Waals surface area contributed by atoms with E-state index in [1.54, 1.807) is 0 Å². The molecule has 10 heavy (non-hydrogen) atoms. The minimum Gasteiger partial charge on any atom is -0.374 e. The molecule has 0 spiro atoms. The van der Waals surface area contributed by atoms with Crippen LogP contribution in [-0.2, 0) is 0 Å². The van der Waals surface area contributed by atoms with Gasteiger partial charge in [-0.1, -0.05) is 0 Å². The highest BCUT2D eigenvalue weighted by Crippen LogP contribution is 2.04. The first-order chi connectivity index (χ1) is 4.46. The molecule has 1 amide bonds. The summed E-state index contributed by atoms with van der Waals surface area (Å²) in [6, 6.07) is 0. The highest BCUT2D eigenvalue weighted by molar-refractivity contribution is 7.96. The van der Waals surface area contributed by atoms with E-state index in [0.717, 1.165) is 4.90 Å². The maximum atomic E-state index is 10.4. The number of aliphatic hydroxyl groups excluding tert-OH is 2. The maximum absolute atomic E-state index is 10.4. The summed E-state index contributed by atoms with van der Waals surface area (Å²) in [5, 5.41) is 16.9. The van der Waals surface area contributed by atoms with Crippen molar-refractivity contribution < 1.29 is 15.0 Å². The summed E-state index contributed by atoms with van der Waals surface area (Å²) in [7, 11) is 0. The predicted molar refractivity (Wildman–Crippen MR) is 38.2 cm³/mol. The Balaban J connectivity index is 4.12. The summed E-state index contributed by atoms with van der Waals surface area (Å²) in [5.41, 5.74) is 0. The van der Waals surface area contributed by atoms with Gasteiger partial charge in [-0.3, -0.25) is 9.69 Å². The number of amides is 1. The van der Waals surface area contributed by atoms with E-state index in [4.69, 9.17) is 10.2 Å². The highest BCUT2D eigenvalue weighted by Gasteiger charge is 2.19. The third-order valence-electron chi connectivity index (χ3n) is 1.02. The second-order valence-corrected chi connectivity index (χ2v) is 2.29. The number of nitrogens with zero attached hydrogens (tertiary/aromatic N) is 1. The van der Waals surface area contributed by atoms with Crippen LogP contribution in [0.1, 0.15) is 13.8 Å². The van der Waals surface area contributed by atoms with Gasteiger partial charge in [0.2, 0.25) is 0 Å². The number of carbonyl (C=O) groups excluding carboxylic acids is 1. The molecule has 59 valence electrons. The molecule has 2 unspecified atom stereocenters. The lowest BCUT2D eigenvalue weighted by atomic mass is 10.5. The molecule has 0 saturated heterocycles. The molecule has 0 heterocycles. The smallest absolute Gasteiger partial charge is 0.317 e. The zero-order chi connectivity index (χ0) is 8.31. The van der Waals surface area contributed by atoms with Crippen molar-refractivity contribution in [1.29, 1.82) is 0 Å². The average molecular weight is 164 g/mol. The molecule has 0 rings (SSSR count). The molecule has 5 heteroatoms. The molecule has 4 nitrogen and oxygen atoms in total. The molecule has 0 bridgehead atoms. The van der Waals surface area contributed by atoms with E-state index >= 15 is 0 Å². The van der Waals surface area contributed by atoms with E-state index in [-0.39, 0.29) is 0 Å². The van der Waals surface area contributed by atoms with Crippen LogP contribution in [0, 0.1) is 0 Å². The molecule has 0 aliphatic heterocycles. The SMILES string of the molecule is CC(O)N(C(=O)[S])C(C)O. The normalized spacial score (nSPS) is 16.0. The van der Waals surface area contributed by atoms with Gasteiger partial charge in [-0.15, -0.1) is 0 Å². The Labute approximate surface area is 64.9 Å². The molecule has 0 aliphatic carbocycles. The van der Waals surface area contributed by atoms with Crippen molar-refractivity contribution in [3.63, 3.8) is 0 Å². The van der Waals surface area contributed by atoms with Gasteiger partial charge in [-0.2, -0.15) is 0 Å². The Morgan fingerprint density at radius 3 is 1.70 bits per heavy atom. The lowest BCUT2D eigenvalue weighted by molar-refractivity contribution is -0.0441. The first-order valence-corrected chi connectivity index (χ1v) is 3.23. The van der Waals surface area contributed by atoms with E-state index in [1.165, 1.54) is 13.8 Å². The maximum Gasteiger partial charge on any atom is 0.317 e. The molecule has 2 N–H and O–H groups in total. The van der Waals surface area contributed by atoms with Gasteiger partial charge in [-0.25, -0.2) is 0 Å². The number of rotatable bonds is 2. The van der Waals surface area contributed by atoms with Crippen LogP contribution in [-0.4, -0.2) is 32.8 Å². The van der Waals surface area contributed by atoms with E-state index in [1.807, 2.05) is 0 Å². The van der Waals surface area contributed by atoms with Crippen molar-refractivity contribution >= 4 is 17.9 Å². The fourth-order valence-corrected chi connectivity index (χ4v) is 0.922. The van der Waals surface area contributed by atoms with Crippen molar-refractivity contribution in [3.8, 4) is 0 Å². The molecule has 0 saturated carbocycles. The first kappa shape index (κ1) is 9.61. The molecule has 0 fully saturated rings. The Morgan fingerprint density at radius 2 is 1.70 bits per heavy atom. The molecule has 2 atom stereocenters. The van der Waals surface area contributed by atoms with Gasteiger partial charge in [0.15, 0.2) is 0 Å². The van der Waals surface area contributed by atoms with E-state index in [0.29, 0.717) is 0 Å². The van der Waals surface area contributed by atoms with Crippen LogP contribution in [0.25, 0.3) is 0 Å². The molecule has 0 aromatic rings. The van der Waals surface area contributed by atoms with Crippen molar-refractivity contribution in [2.24, 2.45) is 0 Å². The standard InChI is InChI=1S/C5H10NO3S/c1-3(7)6(4(2)8)5(9)10/h3-4,7-8H,1-2H3. The zero-order valence-corrected chi connectivity index (χ0v) is 6.63. The minimum atomic E-state index is -1.04. The van der Waals surface area contributed by atoms with Crippen LogP contribution >= 0.6 is 12.6 Å². The average Bonchev–Trinajstić information content (AvgIpc) is 1.59. The topological polar surface area (TPSA) is 60.8 Å². The van der Waals surface area contributed by atoms with Gasteiger partial charge in [0, 0.05) is 0 Å². The highest BCUT2D eigenvalue weighted by atomic mass is 32.1. The number of hydrogen-bond acceptors (Lipinski definition) is 3. The van der Waals surface area contributed by atoms with Gasteiger partial charge < -0.3 is 10.2 Å². The Morgan fingerprint density at radius 1 is 1.40 bits per heavy atom. The number of carbonyl (C=O) groups is 1. The summed E-state index contributed by atoms with van der Waals surface area (Å²) in [6.45, 7) is 2.72. The predicted octanol–water partition coefficient (Wildman–Crippen LogP) is 0.283. The Hall–Kier alpha value is -0.390. The fraction of sp³-hybridized carbons (Fsp3) is 0.800. The zero-order valence-electron chi connectivity index (χ0n) is 5.81. The summed E-state index contributed by atoms with van der Waals surface area (Å²) < 4.78 is 0. The summed E-state index contributed by atoms with van der Waals surface area (Å²) in [6.07, 6.45) is -2.07. The third kappa shape index (κ3) is 2.47. The van der Waals surface area contributed by atoms with Crippen molar-refractivity contribution in [2.45, 2.75) is 26.3 Å². The van der Waals surface area contributed by atoms with E-state index in [2.05, 4.69) is 12.6 Å². The monoisotopic (exact) mass is 164 g/mol. The number of aliphatic hydroxyl groups is 2. The second kappa shape index (κ2) is 3.70. The summed E-state index contributed by atoms with van der Waals surface area (Å²) in [5.74, 6) is 0. The molecule has 0 aromatic heterocycles. The Bertz CT molecular complexity index is 118. The van der Waals surface area contributed by atoms with Gasteiger partial charge >= 0.3 is 5.24 Å². The summed E-state index contributed by atoms with van der Waals surface area (Å²) in [4.78, 5) is 11.2. The minimum absolute atomic E-state index is 0.759. The van der Waals surface area contributed by atoms with Crippen LogP contribution in [0.4, 0.5) is 4.79 Å². The largest absolute Gasteiger partial charge is 0.374 e. The molecule has 0 aromatic carbocycles. The quantitative estimate of drug-likeness (QED) is 0.576. The third-order valence-corrected chi connectivity index (χ3v) is 1.23. The lowest BCUT2D eigenvalue weighted by Crippen LogP contribution is -2.41. The molecular weight excluding hydrogens is 154 g/mol. The molecular formula is C5H10NO3S. The van der Waals surface area contributed by atoms with Gasteiger partial charge in [0.1, 0.15) is 12.5 Å². The van der Waals surface area contributed by atoms with Crippen LogP contribution < -0.4 is 0 Å². The lowest BCUT2D eigenvalue weighted by Gasteiger charge is -2.25. The van der Waals surface area contributed by atoms with E-state index < -0.39 is 17.7 Å². The van der Waals surface area contributed by atoms with Crippen molar-refractivity contribution in [2.75, 3.05) is 0 Å².